The van der Waals surface area contributed by atoms with Gasteiger partial charge in [-0.3, -0.25) is 9.59 Å². The molecule has 6 nitrogen and oxygen atoms in total. The molecule has 138 valence electrons. The number of nitrogens with one attached hydrogen (secondary N) is 1. The molecule has 2 aliphatic rings. The molecule has 2 heterocycles. The summed E-state index contributed by atoms with van der Waals surface area (Å²) in [6.07, 6.45) is -2.82. The quantitative estimate of drug-likeness (QED) is 0.900. The molecule has 3 rings (SSSR count). The molecule has 2 amide bonds. The first-order valence-electron chi connectivity index (χ1n) is 8.29. The minimum Gasteiger partial charge on any atom is -0.435 e. The Morgan fingerprint density at radius 3 is 2.48 bits per heavy atom. The van der Waals surface area contributed by atoms with Crippen molar-refractivity contribution in [2.24, 2.45) is 0 Å². The van der Waals surface area contributed by atoms with E-state index in [2.05, 4.69) is 10.3 Å². The van der Waals surface area contributed by atoms with Crippen LogP contribution in [0.25, 0.3) is 0 Å². The Morgan fingerprint density at radius 1 is 1.24 bits per heavy atom. The largest absolute Gasteiger partial charge is 0.435 e. The number of piperidine rings is 1. The van der Waals surface area contributed by atoms with Crippen molar-refractivity contribution in [3.05, 3.63) is 17.3 Å². The Labute approximate surface area is 142 Å². The van der Waals surface area contributed by atoms with E-state index in [0.29, 0.717) is 11.6 Å². The summed E-state index contributed by atoms with van der Waals surface area (Å²) >= 11 is 0. The number of aromatic nitrogens is 1. The zero-order valence-electron chi connectivity index (χ0n) is 14.0. The number of halogens is 3. The van der Waals surface area contributed by atoms with Gasteiger partial charge in [-0.25, -0.2) is 4.98 Å². The predicted molar refractivity (Wildman–Crippen MR) is 80.9 cm³/mol. The number of alkyl halides is 3. The molecule has 0 bridgehead atoms. The lowest BCUT2D eigenvalue weighted by atomic mass is 9.97. The summed E-state index contributed by atoms with van der Waals surface area (Å²) in [6.45, 7) is 2.65. The first-order chi connectivity index (χ1) is 11.7. The average molecular weight is 359 g/mol. The first kappa shape index (κ1) is 17.8. The second-order valence-electron chi connectivity index (χ2n) is 6.73. The molecule has 0 spiro atoms. The number of rotatable bonds is 3. The maximum absolute atomic E-state index is 13.4. The van der Waals surface area contributed by atoms with Crippen molar-refractivity contribution in [1.29, 1.82) is 0 Å². The van der Waals surface area contributed by atoms with E-state index in [1.54, 1.807) is 6.92 Å². The fourth-order valence-corrected chi connectivity index (χ4v) is 3.19. The smallest absolute Gasteiger partial charge is 0.408 e. The van der Waals surface area contributed by atoms with Crippen molar-refractivity contribution < 1.29 is 27.2 Å². The second-order valence-corrected chi connectivity index (χ2v) is 6.73. The van der Waals surface area contributed by atoms with Crippen LogP contribution in [0.1, 0.15) is 60.7 Å². The van der Waals surface area contributed by atoms with Gasteiger partial charge in [-0.2, -0.15) is 13.2 Å². The van der Waals surface area contributed by atoms with Crippen molar-refractivity contribution in [2.45, 2.75) is 63.7 Å². The third-order valence-corrected chi connectivity index (χ3v) is 4.56. The van der Waals surface area contributed by atoms with Gasteiger partial charge in [0.05, 0.1) is 5.69 Å². The van der Waals surface area contributed by atoms with Crippen LogP contribution in [0.15, 0.2) is 4.42 Å². The lowest BCUT2D eigenvalue weighted by Crippen LogP contribution is -2.58. The molecule has 9 heteroatoms. The van der Waals surface area contributed by atoms with Crippen LogP contribution in [0.2, 0.25) is 0 Å². The average Bonchev–Trinajstić information content (AvgIpc) is 3.28. The molecule has 0 radical (unpaired) electrons. The van der Waals surface area contributed by atoms with Crippen LogP contribution >= 0.6 is 0 Å². The number of carbonyl (C=O) groups excluding carboxylic acids is 2. The summed E-state index contributed by atoms with van der Waals surface area (Å²) in [5.41, 5.74) is 0.300. The highest BCUT2D eigenvalue weighted by Crippen LogP contribution is 2.40. The molecule has 2 atom stereocenters. The van der Waals surface area contributed by atoms with Crippen LogP contribution in [0.3, 0.4) is 0 Å². The molecule has 25 heavy (non-hydrogen) atoms. The van der Waals surface area contributed by atoms with Crippen LogP contribution in [0, 0.1) is 6.92 Å². The Kier molecular flexibility index (Phi) is 4.51. The number of hydrogen-bond acceptors (Lipinski definition) is 4. The van der Waals surface area contributed by atoms with E-state index in [4.69, 9.17) is 4.42 Å². The highest BCUT2D eigenvalue weighted by atomic mass is 19.4. The Hall–Kier alpha value is -2.06. The van der Waals surface area contributed by atoms with Gasteiger partial charge >= 0.3 is 6.18 Å². The fourth-order valence-electron chi connectivity index (χ4n) is 3.19. The molecule has 2 fully saturated rings. The molecule has 1 saturated carbocycles. The highest BCUT2D eigenvalue weighted by Gasteiger charge is 2.49. The zero-order valence-corrected chi connectivity index (χ0v) is 14.0. The molecule has 1 aliphatic carbocycles. The molecule has 1 aromatic rings. The van der Waals surface area contributed by atoms with E-state index in [0.717, 1.165) is 17.7 Å². The lowest BCUT2D eigenvalue weighted by molar-refractivity contribution is -0.184. The normalized spacial score (nSPS) is 24.3. The maximum Gasteiger partial charge on any atom is 0.408 e. The number of carbonyl (C=O) groups is 2. The molecule has 1 saturated heterocycles. The van der Waals surface area contributed by atoms with Crippen molar-refractivity contribution >= 4 is 11.8 Å². The Balaban J connectivity index is 1.85. The number of oxazole rings is 1. The third kappa shape index (κ3) is 3.80. The van der Waals surface area contributed by atoms with Crippen LogP contribution in [-0.2, 0) is 4.79 Å². The highest BCUT2D eigenvalue weighted by molar-refractivity contribution is 5.93. The SMILES string of the molecule is CC(=O)N[C@@H]1CC[C@@H](C(F)(F)F)N(C(=O)c2oc(C3CC3)nc2C)C1. The molecular weight excluding hydrogens is 339 g/mol. The van der Waals surface area contributed by atoms with Gasteiger partial charge < -0.3 is 14.6 Å². The summed E-state index contributed by atoms with van der Waals surface area (Å²) in [7, 11) is 0. The van der Waals surface area contributed by atoms with E-state index < -0.39 is 24.2 Å². The van der Waals surface area contributed by atoms with E-state index in [-0.39, 0.29) is 37.0 Å². The van der Waals surface area contributed by atoms with Gasteiger partial charge in [-0.1, -0.05) is 0 Å². The van der Waals surface area contributed by atoms with Crippen LogP contribution in [0.5, 0.6) is 0 Å². The lowest BCUT2D eigenvalue weighted by Gasteiger charge is -2.40. The van der Waals surface area contributed by atoms with Gasteiger partial charge in [0.15, 0.2) is 5.89 Å². The van der Waals surface area contributed by atoms with E-state index in [1.807, 2.05) is 0 Å². The van der Waals surface area contributed by atoms with Crippen LogP contribution in [-0.4, -0.2) is 46.5 Å². The topological polar surface area (TPSA) is 75.4 Å². The van der Waals surface area contributed by atoms with Gasteiger partial charge in [0.1, 0.15) is 6.04 Å². The van der Waals surface area contributed by atoms with E-state index in [9.17, 15) is 22.8 Å². The van der Waals surface area contributed by atoms with Gasteiger partial charge in [-0.05, 0) is 32.6 Å². The number of amides is 2. The summed E-state index contributed by atoms with van der Waals surface area (Å²) in [5, 5.41) is 2.59. The predicted octanol–water partition coefficient (Wildman–Crippen LogP) is 2.53. The fraction of sp³-hybridized carbons (Fsp3) is 0.688. The van der Waals surface area contributed by atoms with Gasteiger partial charge in [0.2, 0.25) is 11.7 Å². The summed E-state index contributed by atoms with van der Waals surface area (Å²) in [6, 6.07) is -2.40. The number of hydrogen-bond donors (Lipinski definition) is 1. The van der Waals surface area contributed by atoms with Gasteiger partial charge in [0.25, 0.3) is 5.91 Å². The number of aryl methyl sites for hydroxylation is 1. The first-order valence-corrected chi connectivity index (χ1v) is 8.29. The van der Waals surface area contributed by atoms with Crippen molar-refractivity contribution in [2.75, 3.05) is 6.54 Å². The molecule has 1 aliphatic heterocycles. The summed E-state index contributed by atoms with van der Waals surface area (Å²) < 4.78 is 45.6. The van der Waals surface area contributed by atoms with Gasteiger partial charge in [0, 0.05) is 25.4 Å². The Bertz CT molecular complexity index is 682. The second kappa shape index (κ2) is 6.34. The van der Waals surface area contributed by atoms with E-state index in [1.165, 1.54) is 6.92 Å². The zero-order chi connectivity index (χ0) is 18.4. The molecular formula is C16H20F3N3O3. The minimum absolute atomic E-state index is 0.139. The van der Waals surface area contributed by atoms with Crippen molar-refractivity contribution in [3.8, 4) is 0 Å². The summed E-state index contributed by atoms with van der Waals surface area (Å²) in [5.74, 6) is -0.726. The Morgan fingerprint density at radius 2 is 1.92 bits per heavy atom. The maximum atomic E-state index is 13.4. The standard InChI is InChI=1S/C16H20F3N3O3/c1-8-13(25-14(20-8)10-3-4-10)15(24)22-7-11(21-9(2)23)5-6-12(22)16(17,18)19/h10-12H,3-7H2,1-2H3,(H,21,23)/t11-,12+/m1/s1. The van der Waals surface area contributed by atoms with Crippen LogP contribution < -0.4 is 5.32 Å². The minimum atomic E-state index is -4.54. The number of nitrogens with zero attached hydrogens (tertiary/aromatic N) is 2. The van der Waals surface area contributed by atoms with Crippen LogP contribution in [0.4, 0.5) is 13.2 Å². The third-order valence-electron chi connectivity index (χ3n) is 4.56. The molecule has 0 unspecified atom stereocenters. The molecule has 1 aromatic heterocycles. The number of likely N-dealkylation sites (tertiary alicyclic amines) is 1. The summed E-state index contributed by atoms with van der Waals surface area (Å²) in [4.78, 5) is 28.9. The van der Waals surface area contributed by atoms with Crippen molar-refractivity contribution in [3.63, 3.8) is 0 Å². The van der Waals surface area contributed by atoms with Crippen molar-refractivity contribution in [1.82, 2.24) is 15.2 Å². The molecule has 0 aromatic carbocycles. The van der Waals surface area contributed by atoms with E-state index >= 15 is 0 Å². The van der Waals surface area contributed by atoms with Gasteiger partial charge in [-0.15, -0.1) is 0 Å². The monoisotopic (exact) mass is 359 g/mol. The molecule has 1 N–H and O–H groups in total.